The average Bonchev–Trinajstić information content (AvgIpc) is 3.03. The summed E-state index contributed by atoms with van der Waals surface area (Å²) in [4.78, 5) is 14.7. The predicted octanol–water partition coefficient (Wildman–Crippen LogP) is 2.96. The molecule has 2 heterocycles. The first-order valence-corrected chi connectivity index (χ1v) is 8.74. The highest BCUT2D eigenvalue weighted by Crippen LogP contribution is 2.34. The van der Waals surface area contributed by atoms with Crippen molar-refractivity contribution in [3.8, 4) is 5.75 Å². The molecule has 1 aromatic heterocycles. The Labute approximate surface area is 142 Å². The van der Waals surface area contributed by atoms with Crippen molar-refractivity contribution >= 4 is 5.91 Å². The van der Waals surface area contributed by atoms with Gasteiger partial charge in [-0.1, -0.05) is 31.5 Å². The third-order valence-electron chi connectivity index (χ3n) is 5.30. The van der Waals surface area contributed by atoms with Crippen molar-refractivity contribution < 1.29 is 9.53 Å². The fourth-order valence-electron chi connectivity index (χ4n) is 3.50. The number of benzene rings is 1. The van der Waals surface area contributed by atoms with Crippen LogP contribution in [0, 0.1) is 11.8 Å². The number of rotatable bonds is 5. The van der Waals surface area contributed by atoms with Crippen molar-refractivity contribution in [1.82, 2.24) is 14.7 Å². The Morgan fingerprint density at radius 1 is 1.21 bits per heavy atom. The van der Waals surface area contributed by atoms with Gasteiger partial charge in [-0.15, -0.1) is 0 Å². The van der Waals surface area contributed by atoms with Gasteiger partial charge >= 0.3 is 0 Å². The van der Waals surface area contributed by atoms with Crippen molar-refractivity contribution in [2.75, 3.05) is 13.1 Å². The van der Waals surface area contributed by atoms with E-state index in [4.69, 9.17) is 4.74 Å². The molecule has 0 radical (unpaired) electrons. The highest BCUT2D eigenvalue weighted by molar-refractivity contribution is 5.93. The Bertz CT molecular complexity index is 725. The van der Waals surface area contributed by atoms with Crippen LogP contribution in [0.3, 0.4) is 0 Å². The summed E-state index contributed by atoms with van der Waals surface area (Å²) in [6.07, 6.45) is 2.55. The Hall–Kier alpha value is -2.30. The number of hydrogen-bond donors (Lipinski definition) is 0. The number of carbonyl (C=O) groups excluding carboxylic acids is 1. The first-order valence-electron chi connectivity index (χ1n) is 8.74. The molecule has 0 N–H and O–H groups in total. The van der Waals surface area contributed by atoms with E-state index in [-0.39, 0.29) is 5.91 Å². The van der Waals surface area contributed by atoms with Crippen LogP contribution in [-0.2, 0) is 13.2 Å². The van der Waals surface area contributed by atoms with E-state index in [0.717, 1.165) is 37.0 Å². The minimum absolute atomic E-state index is 0.110. The zero-order chi connectivity index (χ0) is 16.5. The first kappa shape index (κ1) is 15.2. The molecule has 1 unspecified atom stereocenters. The van der Waals surface area contributed by atoms with E-state index >= 15 is 0 Å². The summed E-state index contributed by atoms with van der Waals surface area (Å²) in [5.41, 5.74) is 1.50. The highest BCUT2D eigenvalue weighted by Gasteiger charge is 2.33. The molecule has 0 saturated heterocycles. The van der Waals surface area contributed by atoms with Crippen molar-refractivity contribution in [3.05, 3.63) is 47.8 Å². The zero-order valence-corrected chi connectivity index (χ0v) is 14.0. The molecule has 5 heteroatoms. The van der Waals surface area contributed by atoms with Crippen molar-refractivity contribution in [1.29, 1.82) is 0 Å². The van der Waals surface area contributed by atoms with Gasteiger partial charge in [0.05, 0.1) is 6.54 Å². The summed E-state index contributed by atoms with van der Waals surface area (Å²) in [5.74, 6) is 2.35. The largest absolute Gasteiger partial charge is 0.487 e. The normalized spacial score (nSPS) is 22.9. The van der Waals surface area contributed by atoms with Gasteiger partial charge in [-0.25, -0.2) is 0 Å². The summed E-state index contributed by atoms with van der Waals surface area (Å²) in [6.45, 7) is 5.09. The van der Waals surface area contributed by atoms with Gasteiger partial charge in [0.2, 0.25) is 0 Å². The molecule has 0 spiro atoms. The van der Waals surface area contributed by atoms with E-state index in [0.29, 0.717) is 18.2 Å². The molecule has 1 saturated carbocycles. The van der Waals surface area contributed by atoms with E-state index in [1.165, 1.54) is 12.8 Å². The van der Waals surface area contributed by atoms with E-state index < -0.39 is 0 Å². The van der Waals surface area contributed by atoms with Gasteiger partial charge in [-0.05, 0) is 36.5 Å². The molecule has 24 heavy (non-hydrogen) atoms. The van der Waals surface area contributed by atoms with Crippen molar-refractivity contribution in [2.24, 2.45) is 11.8 Å². The number of nitrogens with zero attached hydrogens (tertiary/aromatic N) is 3. The summed E-state index contributed by atoms with van der Waals surface area (Å²) >= 11 is 0. The Kier molecular flexibility index (Phi) is 4.00. The zero-order valence-electron chi connectivity index (χ0n) is 14.0. The molecule has 2 aliphatic rings. The predicted molar refractivity (Wildman–Crippen MR) is 90.8 cm³/mol. The molecule has 4 rings (SSSR count). The maximum absolute atomic E-state index is 12.7. The number of carbonyl (C=O) groups is 1. The standard InChI is InChI=1S/C19H23N3O2/c1-14-7-8-15(14)12-21-9-10-22-18(19(21)23)11-16(20-22)13-24-17-5-3-2-4-6-17/h2-6,11,14-15H,7-10,12-13H2,1H3/t14?,15-/m1/s1. The van der Waals surface area contributed by atoms with E-state index in [9.17, 15) is 4.79 Å². The van der Waals surface area contributed by atoms with Crippen LogP contribution in [0.25, 0.3) is 0 Å². The van der Waals surface area contributed by atoms with Gasteiger partial charge in [0.1, 0.15) is 23.7 Å². The van der Waals surface area contributed by atoms with Crippen molar-refractivity contribution in [3.63, 3.8) is 0 Å². The Balaban J connectivity index is 1.42. The van der Waals surface area contributed by atoms with Crippen LogP contribution in [0.4, 0.5) is 0 Å². The van der Waals surface area contributed by atoms with Gasteiger partial charge in [0, 0.05) is 13.1 Å². The maximum Gasteiger partial charge on any atom is 0.272 e. The molecular formula is C19H23N3O2. The Morgan fingerprint density at radius 3 is 2.75 bits per heavy atom. The van der Waals surface area contributed by atoms with Gasteiger partial charge in [-0.3, -0.25) is 9.48 Å². The summed E-state index contributed by atoms with van der Waals surface area (Å²) < 4.78 is 7.56. The number of amides is 1. The van der Waals surface area contributed by atoms with Gasteiger partial charge < -0.3 is 9.64 Å². The van der Waals surface area contributed by atoms with E-state index in [2.05, 4.69) is 12.0 Å². The molecule has 5 nitrogen and oxygen atoms in total. The van der Waals surface area contributed by atoms with E-state index in [1.807, 2.05) is 46.0 Å². The lowest BCUT2D eigenvalue weighted by Gasteiger charge is -2.39. The van der Waals surface area contributed by atoms with Crippen LogP contribution < -0.4 is 4.74 Å². The molecule has 1 aliphatic carbocycles. The first-order chi connectivity index (χ1) is 11.7. The molecule has 2 aromatic rings. The van der Waals surface area contributed by atoms with Gasteiger partial charge in [0.25, 0.3) is 5.91 Å². The summed E-state index contributed by atoms with van der Waals surface area (Å²) in [6, 6.07) is 11.6. The van der Waals surface area contributed by atoms with Crippen LogP contribution in [0.1, 0.15) is 35.9 Å². The molecule has 1 amide bonds. The SMILES string of the molecule is CC1CC[C@@H]1CN1CCn2nc(COc3ccccc3)cc2C1=O. The number of para-hydroxylation sites is 1. The second-order valence-electron chi connectivity index (χ2n) is 6.91. The third kappa shape index (κ3) is 2.90. The van der Waals surface area contributed by atoms with Crippen LogP contribution in [0.5, 0.6) is 5.75 Å². The summed E-state index contributed by atoms with van der Waals surface area (Å²) in [5, 5.41) is 4.52. The van der Waals surface area contributed by atoms with Crippen LogP contribution in [0.15, 0.2) is 36.4 Å². The number of hydrogen-bond acceptors (Lipinski definition) is 3. The molecule has 1 fully saturated rings. The fraction of sp³-hybridized carbons (Fsp3) is 0.474. The topological polar surface area (TPSA) is 47.4 Å². The molecule has 1 aliphatic heterocycles. The molecule has 126 valence electrons. The molecule has 0 bridgehead atoms. The minimum Gasteiger partial charge on any atom is -0.487 e. The lowest BCUT2D eigenvalue weighted by Crippen LogP contribution is -2.45. The van der Waals surface area contributed by atoms with Gasteiger partial charge in [-0.2, -0.15) is 5.10 Å². The van der Waals surface area contributed by atoms with Crippen LogP contribution in [0.2, 0.25) is 0 Å². The average molecular weight is 325 g/mol. The molecule has 1 aromatic carbocycles. The second-order valence-corrected chi connectivity index (χ2v) is 6.91. The number of ether oxygens (including phenoxy) is 1. The second kappa shape index (κ2) is 6.30. The Morgan fingerprint density at radius 2 is 2.04 bits per heavy atom. The minimum atomic E-state index is 0.110. The molecular weight excluding hydrogens is 302 g/mol. The lowest BCUT2D eigenvalue weighted by molar-refractivity contribution is 0.0568. The van der Waals surface area contributed by atoms with E-state index in [1.54, 1.807) is 0 Å². The lowest BCUT2D eigenvalue weighted by atomic mass is 9.74. The van der Waals surface area contributed by atoms with Crippen molar-refractivity contribution in [2.45, 2.75) is 32.9 Å². The monoisotopic (exact) mass is 325 g/mol. The fourth-order valence-corrected chi connectivity index (χ4v) is 3.50. The highest BCUT2D eigenvalue weighted by atomic mass is 16.5. The van der Waals surface area contributed by atoms with Gasteiger partial charge in [0.15, 0.2) is 0 Å². The number of aromatic nitrogens is 2. The summed E-state index contributed by atoms with van der Waals surface area (Å²) in [7, 11) is 0. The smallest absolute Gasteiger partial charge is 0.272 e. The number of fused-ring (bicyclic) bond motifs is 1. The quantitative estimate of drug-likeness (QED) is 0.849. The van der Waals surface area contributed by atoms with Crippen LogP contribution >= 0.6 is 0 Å². The maximum atomic E-state index is 12.7. The third-order valence-corrected chi connectivity index (χ3v) is 5.30. The van der Waals surface area contributed by atoms with Crippen LogP contribution in [-0.4, -0.2) is 33.7 Å². The molecule has 2 atom stereocenters.